The molecule has 0 aliphatic carbocycles. The molecule has 0 aliphatic heterocycles. The van der Waals surface area contributed by atoms with Crippen molar-refractivity contribution in [3.8, 4) is 0 Å². The molecule has 2 aromatic heterocycles. The maximum absolute atomic E-state index is 13.5. The molecule has 0 aliphatic rings. The molecule has 0 saturated carbocycles. The highest BCUT2D eigenvalue weighted by Gasteiger charge is 2.36. The average Bonchev–Trinajstić information content (AvgIpc) is 2.87. The van der Waals surface area contributed by atoms with Crippen LogP contribution in [0.3, 0.4) is 0 Å². The Balaban J connectivity index is 2.09. The summed E-state index contributed by atoms with van der Waals surface area (Å²) in [5, 5.41) is 6.11. The second-order valence-corrected chi connectivity index (χ2v) is 5.09. The minimum atomic E-state index is -4.69. The number of nitrogens with one attached hydrogen (secondary N) is 1. The Bertz CT molecular complexity index is 890. The average molecular weight is 346 g/mol. The fraction of sp³-hybridized carbons (Fsp3) is 0.154. The van der Waals surface area contributed by atoms with Crippen LogP contribution in [0, 0.1) is 12.7 Å². The van der Waals surface area contributed by atoms with Gasteiger partial charge in [0, 0.05) is 17.4 Å². The van der Waals surface area contributed by atoms with E-state index in [1.54, 1.807) is 6.92 Å². The molecule has 0 radical (unpaired) electrons. The minimum absolute atomic E-state index is 0.0632. The fourth-order valence-corrected chi connectivity index (χ4v) is 2.04. The van der Waals surface area contributed by atoms with Gasteiger partial charge in [-0.25, -0.2) is 9.37 Å². The summed E-state index contributed by atoms with van der Waals surface area (Å²) in [6.45, 7) is 1.59. The first-order valence-electron chi connectivity index (χ1n) is 6.28. The zero-order valence-corrected chi connectivity index (χ0v) is 12.2. The lowest BCUT2D eigenvalue weighted by molar-refractivity contribution is -0.144. The lowest BCUT2D eigenvalue weighted by Gasteiger charge is -2.09. The summed E-state index contributed by atoms with van der Waals surface area (Å²) in [7, 11) is 0. The number of hydrogen-bond acceptors (Lipinski definition) is 4. The van der Waals surface area contributed by atoms with Gasteiger partial charge >= 0.3 is 6.18 Å². The molecule has 0 fully saturated rings. The van der Waals surface area contributed by atoms with Crippen LogP contribution in [-0.2, 0) is 6.18 Å². The largest absolute Gasteiger partial charge is 0.453 e. The molecular formula is C13H8ClF4N5. The topological polar surface area (TPSA) is 55.1 Å². The van der Waals surface area contributed by atoms with Crippen LogP contribution < -0.4 is 5.32 Å². The smallest absolute Gasteiger partial charge is 0.340 e. The van der Waals surface area contributed by atoms with Crippen LogP contribution in [0.25, 0.3) is 5.78 Å². The Morgan fingerprint density at radius 2 is 1.91 bits per heavy atom. The molecule has 0 amide bonds. The number of nitrogens with zero attached hydrogens (tertiary/aromatic N) is 4. The van der Waals surface area contributed by atoms with Crippen molar-refractivity contribution < 1.29 is 17.6 Å². The summed E-state index contributed by atoms with van der Waals surface area (Å²) < 4.78 is 52.6. The van der Waals surface area contributed by atoms with Gasteiger partial charge in [-0.3, -0.25) is 0 Å². The Hall–Kier alpha value is -2.42. The minimum Gasteiger partial charge on any atom is -0.340 e. The van der Waals surface area contributed by atoms with E-state index in [2.05, 4.69) is 20.4 Å². The number of fused-ring (bicyclic) bond motifs is 1. The summed E-state index contributed by atoms with van der Waals surface area (Å²) in [4.78, 5) is 7.26. The predicted octanol–water partition coefficient (Wildman–Crippen LogP) is 3.99. The summed E-state index contributed by atoms with van der Waals surface area (Å²) in [6, 6.07) is 5.39. The van der Waals surface area contributed by atoms with Crippen molar-refractivity contribution in [3.63, 3.8) is 0 Å². The number of benzene rings is 1. The molecule has 0 atom stereocenters. The number of aryl methyl sites for hydroxylation is 1. The Morgan fingerprint density at radius 1 is 1.17 bits per heavy atom. The second-order valence-electron chi connectivity index (χ2n) is 4.68. The van der Waals surface area contributed by atoms with Crippen molar-refractivity contribution in [1.82, 2.24) is 19.6 Å². The summed E-state index contributed by atoms with van der Waals surface area (Å²) in [5.41, 5.74) is 0.721. The second kappa shape index (κ2) is 5.34. The molecule has 3 rings (SSSR count). The standard InChI is InChI=1S/C13H8ClF4N5/c1-6-4-10(20-7-2-3-8(14)9(15)5-7)23-12(19-6)21-11(22-23)13(16,17)18/h2-5,20H,1H3. The molecule has 0 saturated heterocycles. The van der Waals surface area contributed by atoms with Gasteiger partial charge in [0.25, 0.3) is 11.6 Å². The normalized spacial score (nSPS) is 11.9. The van der Waals surface area contributed by atoms with E-state index in [0.717, 1.165) is 10.6 Å². The van der Waals surface area contributed by atoms with E-state index in [0.29, 0.717) is 11.4 Å². The molecule has 10 heteroatoms. The summed E-state index contributed by atoms with van der Waals surface area (Å²) in [5.74, 6) is -2.01. The Morgan fingerprint density at radius 3 is 2.57 bits per heavy atom. The van der Waals surface area contributed by atoms with Crippen LogP contribution in [0.1, 0.15) is 11.5 Å². The van der Waals surface area contributed by atoms with E-state index < -0.39 is 17.8 Å². The van der Waals surface area contributed by atoms with E-state index in [4.69, 9.17) is 11.6 Å². The number of hydrogen-bond donors (Lipinski definition) is 1. The molecule has 23 heavy (non-hydrogen) atoms. The van der Waals surface area contributed by atoms with Crippen molar-refractivity contribution in [1.29, 1.82) is 0 Å². The van der Waals surface area contributed by atoms with Gasteiger partial charge in [-0.1, -0.05) is 11.6 Å². The number of alkyl halides is 3. The molecule has 0 bridgehead atoms. The van der Waals surface area contributed by atoms with Crippen LogP contribution >= 0.6 is 11.6 Å². The van der Waals surface area contributed by atoms with Crippen LogP contribution in [0.15, 0.2) is 24.3 Å². The molecule has 2 heterocycles. The van der Waals surface area contributed by atoms with Crippen LogP contribution in [-0.4, -0.2) is 19.6 Å². The van der Waals surface area contributed by atoms with Crippen LogP contribution in [0.4, 0.5) is 29.1 Å². The van der Waals surface area contributed by atoms with E-state index in [-0.39, 0.29) is 16.6 Å². The van der Waals surface area contributed by atoms with E-state index in [1.165, 1.54) is 18.2 Å². The summed E-state index contributed by atoms with van der Waals surface area (Å²) >= 11 is 5.59. The fourth-order valence-electron chi connectivity index (χ4n) is 1.92. The first kappa shape index (κ1) is 15.5. The van der Waals surface area contributed by atoms with Gasteiger partial charge in [-0.15, -0.1) is 5.10 Å². The number of halogens is 5. The lowest BCUT2D eigenvalue weighted by atomic mass is 10.3. The van der Waals surface area contributed by atoms with Crippen LogP contribution in [0.2, 0.25) is 5.02 Å². The molecule has 5 nitrogen and oxygen atoms in total. The zero-order chi connectivity index (χ0) is 16.8. The van der Waals surface area contributed by atoms with E-state index in [9.17, 15) is 17.6 Å². The van der Waals surface area contributed by atoms with Crippen molar-refractivity contribution in [2.75, 3.05) is 5.32 Å². The molecule has 1 aromatic carbocycles. The number of anilines is 2. The molecule has 3 aromatic rings. The van der Waals surface area contributed by atoms with Crippen molar-refractivity contribution in [3.05, 3.63) is 46.6 Å². The van der Waals surface area contributed by atoms with Gasteiger partial charge in [0.1, 0.15) is 11.6 Å². The molecule has 0 spiro atoms. The number of rotatable bonds is 2. The highest BCUT2D eigenvalue weighted by Crippen LogP contribution is 2.28. The quantitative estimate of drug-likeness (QED) is 0.714. The van der Waals surface area contributed by atoms with Crippen molar-refractivity contribution in [2.24, 2.45) is 0 Å². The third-order valence-electron chi connectivity index (χ3n) is 2.89. The van der Waals surface area contributed by atoms with Gasteiger partial charge in [0.15, 0.2) is 0 Å². The van der Waals surface area contributed by atoms with Gasteiger partial charge < -0.3 is 5.32 Å². The Kier molecular flexibility index (Phi) is 3.59. The lowest BCUT2D eigenvalue weighted by Crippen LogP contribution is -2.08. The Labute approximate surface area is 131 Å². The van der Waals surface area contributed by atoms with E-state index in [1.807, 2.05) is 0 Å². The first-order valence-corrected chi connectivity index (χ1v) is 6.65. The first-order chi connectivity index (χ1) is 10.7. The van der Waals surface area contributed by atoms with Crippen molar-refractivity contribution in [2.45, 2.75) is 13.1 Å². The zero-order valence-electron chi connectivity index (χ0n) is 11.5. The number of aromatic nitrogens is 4. The third kappa shape index (κ3) is 3.04. The van der Waals surface area contributed by atoms with Gasteiger partial charge in [0.2, 0.25) is 0 Å². The molecule has 120 valence electrons. The maximum Gasteiger partial charge on any atom is 0.453 e. The monoisotopic (exact) mass is 345 g/mol. The van der Waals surface area contributed by atoms with E-state index >= 15 is 0 Å². The van der Waals surface area contributed by atoms with Gasteiger partial charge in [0.05, 0.1) is 5.02 Å². The predicted molar refractivity (Wildman–Crippen MR) is 75.2 cm³/mol. The van der Waals surface area contributed by atoms with Gasteiger partial charge in [-0.2, -0.15) is 22.7 Å². The molecule has 1 N–H and O–H groups in total. The highest BCUT2D eigenvalue weighted by atomic mass is 35.5. The third-order valence-corrected chi connectivity index (χ3v) is 3.19. The van der Waals surface area contributed by atoms with Crippen LogP contribution in [0.5, 0.6) is 0 Å². The molecule has 0 unspecified atom stereocenters. The van der Waals surface area contributed by atoms with Gasteiger partial charge in [-0.05, 0) is 25.1 Å². The SMILES string of the molecule is Cc1cc(Nc2ccc(Cl)c(F)c2)n2nc(C(F)(F)F)nc2n1. The maximum atomic E-state index is 13.5. The highest BCUT2D eigenvalue weighted by molar-refractivity contribution is 6.30. The summed E-state index contributed by atoms with van der Waals surface area (Å²) in [6.07, 6.45) is -4.69. The molecular weight excluding hydrogens is 338 g/mol. The van der Waals surface area contributed by atoms with Crippen molar-refractivity contribution >= 4 is 28.9 Å².